The average molecular weight is 375 g/mol. The van der Waals surface area contributed by atoms with E-state index in [1.165, 1.54) is 12.1 Å². The van der Waals surface area contributed by atoms with Crippen LogP contribution in [-0.2, 0) is 19.1 Å². The number of esters is 2. The van der Waals surface area contributed by atoms with Crippen molar-refractivity contribution in [3.63, 3.8) is 0 Å². The summed E-state index contributed by atoms with van der Waals surface area (Å²) in [6.07, 6.45) is -0.441. The van der Waals surface area contributed by atoms with Crippen molar-refractivity contribution in [1.29, 1.82) is 0 Å². The van der Waals surface area contributed by atoms with Crippen LogP contribution in [0, 0.1) is 11.7 Å². The van der Waals surface area contributed by atoms with Gasteiger partial charge in [-0.1, -0.05) is 6.07 Å². The van der Waals surface area contributed by atoms with E-state index in [2.05, 4.69) is 15.9 Å². The molecule has 0 N–H and O–H groups in total. The van der Waals surface area contributed by atoms with Gasteiger partial charge < -0.3 is 9.47 Å². The van der Waals surface area contributed by atoms with Crippen LogP contribution in [0.5, 0.6) is 0 Å². The van der Waals surface area contributed by atoms with E-state index in [9.17, 15) is 18.8 Å². The molecule has 0 fully saturated rings. The summed E-state index contributed by atoms with van der Waals surface area (Å²) in [5, 5.41) is 0. The summed E-state index contributed by atoms with van der Waals surface area (Å²) in [6, 6.07) is 3.73. The van der Waals surface area contributed by atoms with Gasteiger partial charge in [-0.05, 0) is 41.9 Å². The van der Waals surface area contributed by atoms with E-state index in [4.69, 9.17) is 9.47 Å². The second-order valence-corrected chi connectivity index (χ2v) is 5.16. The molecule has 1 aromatic rings. The lowest BCUT2D eigenvalue weighted by Gasteiger charge is -2.14. The van der Waals surface area contributed by atoms with Crippen LogP contribution in [0.1, 0.15) is 30.6 Å². The summed E-state index contributed by atoms with van der Waals surface area (Å²) >= 11 is 2.98. The number of carbonyl (C=O) groups excluding carboxylic acids is 3. The van der Waals surface area contributed by atoms with Crippen LogP contribution in [0.2, 0.25) is 0 Å². The molecule has 22 heavy (non-hydrogen) atoms. The van der Waals surface area contributed by atoms with Gasteiger partial charge >= 0.3 is 11.9 Å². The maximum Gasteiger partial charge on any atom is 0.317 e. The highest BCUT2D eigenvalue weighted by Gasteiger charge is 2.32. The van der Waals surface area contributed by atoms with Gasteiger partial charge in [0, 0.05) is 5.56 Å². The van der Waals surface area contributed by atoms with Crippen LogP contribution in [0.3, 0.4) is 0 Å². The lowest BCUT2D eigenvalue weighted by molar-refractivity contribution is -0.152. The van der Waals surface area contributed by atoms with E-state index < -0.39 is 35.9 Å². The number of Topliss-reactive ketones (excluding diaryl/α,β-unsaturated/α-hetero) is 1. The lowest BCUT2D eigenvalue weighted by Crippen LogP contribution is -2.29. The molecule has 0 aliphatic carbocycles. The smallest absolute Gasteiger partial charge is 0.317 e. The molecule has 1 atom stereocenters. The highest BCUT2D eigenvalue weighted by molar-refractivity contribution is 9.10. The van der Waals surface area contributed by atoms with Gasteiger partial charge in [-0.15, -0.1) is 0 Å². The average Bonchev–Trinajstić information content (AvgIpc) is 2.47. The molecule has 0 saturated carbocycles. The predicted molar refractivity (Wildman–Crippen MR) is 79.8 cm³/mol. The fourth-order valence-electron chi connectivity index (χ4n) is 1.76. The van der Waals surface area contributed by atoms with Gasteiger partial charge in [0.05, 0.1) is 24.1 Å². The molecule has 0 bridgehead atoms. The third-order valence-corrected chi connectivity index (χ3v) is 3.41. The maximum atomic E-state index is 13.5. The molecule has 1 rings (SSSR count). The largest absolute Gasteiger partial charge is 0.466 e. The predicted octanol–water partition coefficient (Wildman–Crippen LogP) is 2.90. The van der Waals surface area contributed by atoms with Gasteiger partial charge in [-0.3, -0.25) is 14.4 Å². The summed E-state index contributed by atoms with van der Waals surface area (Å²) < 4.78 is 23.3. The highest BCUT2D eigenvalue weighted by atomic mass is 79.9. The van der Waals surface area contributed by atoms with E-state index in [1.54, 1.807) is 13.8 Å². The third kappa shape index (κ3) is 4.91. The Labute approximate surface area is 135 Å². The minimum absolute atomic E-state index is 0.0111. The number of hydrogen-bond acceptors (Lipinski definition) is 5. The molecule has 5 nitrogen and oxygen atoms in total. The number of rotatable bonds is 7. The number of hydrogen-bond donors (Lipinski definition) is 0. The maximum absolute atomic E-state index is 13.5. The number of ketones is 1. The Morgan fingerprint density at radius 3 is 2.36 bits per heavy atom. The summed E-state index contributed by atoms with van der Waals surface area (Å²) in [7, 11) is 0. The van der Waals surface area contributed by atoms with Gasteiger partial charge in [0.15, 0.2) is 5.78 Å². The lowest BCUT2D eigenvalue weighted by atomic mass is 9.94. The first-order chi connectivity index (χ1) is 10.4. The van der Waals surface area contributed by atoms with Gasteiger partial charge in [0.2, 0.25) is 0 Å². The Morgan fingerprint density at radius 1 is 1.18 bits per heavy atom. The van der Waals surface area contributed by atoms with E-state index >= 15 is 0 Å². The summed E-state index contributed by atoms with van der Waals surface area (Å²) in [4.78, 5) is 35.8. The van der Waals surface area contributed by atoms with Crippen molar-refractivity contribution in [3.8, 4) is 0 Å². The van der Waals surface area contributed by atoms with Crippen LogP contribution in [0.15, 0.2) is 22.7 Å². The minimum Gasteiger partial charge on any atom is -0.466 e. The molecular formula is C15H16BrFO5. The molecule has 0 heterocycles. The molecular weight excluding hydrogens is 359 g/mol. The van der Waals surface area contributed by atoms with Crippen LogP contribution >= 0.6 is 15.9 Å². The van der Waals surface area contributed by atoms with Crippen molar-refractivity contribution < 1.29 is 28.2 Å². The van der Waals surface area contributed by atoms with Crippen molar-refractivity contribution in [2.45, 2.75) is 20.3 Å². The molecule has 0 saturated heterocycles. The number of benzene rings is 1. The second-order valence-electron chi connectivity index (χ2n) is 4.31. The Kier molecular flexibility index (Phi) is 7.17. The fourth-order valence-corrected chi connectivity index (χ4v) is 2.01. The minimum atomic E-state index is -1.35. The Hall–Kier alpha value is -1.76. The number of halogens is 2. The quantitative estimate of drug-likeness (QED) is 0.417. The SMILES string of the molecule is CCOC(=O)CC(C(=O)OCC)C(=O)c1ccc(Br)c(F)c1. The normalized spacial score (nSPS) is 11.6. The second kappa shape index (κ2) is 8.63. The Balaban J connectivity index is 3.02. The first-order valence-corrected chi connectivity index (χ1v) is 7.51. The topological polar surface area (TPSA) is 69.7 Å². The first kappa shape index (κ1) is 18.3. The molecule has 120 valence electrons. The van der Waals surface area contributed by atoms with Gasteiger partial charge in [0.1, 0.15) is 11.7 Å². The van der Waals surface area contributed by atoms with Crippen LogP contribution in [-0.4, -0.2) is 30.9 Å². The molecule has 0 amide bonds. The summed E-state index contributed by atoms with van der Waals surface area (Å²) in [6.45, 7) is 3.40. The van der Waals surface area contributed by atoms with Gasteiger partial charge in [-0.2, -0.15) is 0 Å². The van der Waals surface area contributed by atoms with Crippen molar-refractivity contribution in [2.24, 2.45) is 5.92 Å². The zero-order chi connectivity index (χ0) is 16.7. The van der Waals surface area contributed by atoms with Crippen LogP contribution in [0.25, 0.3) is 0 Å². The van der Waals surface area contributed by atoms with E-state index in [0.717, 1.165) is 6.07 Å². The van der Waals surface area contributed by atoms with Gasteiger partial charge in [0.25, 0.3) is 0 Å². The zero-order valence-electron chi connectivity index (χ0n) is 12.2. The fraction of sp³-hybridized carbons (Fsp3) is 0.400. The van der Waals surface area contributed by atoms with Gasteiger partial charge in [-0.25, -0.2) is 4.39 Å². The molecule has 1 aromatic carbocycles. The highest BCUT2D eigenvalue weighted by Crippen LogP contribution is 2.21. The molecule has 0 radical (unpaired) electrons. The monoisotopic (exact) mass is 374 g/mol. The summed E-state index contributed by atoms with van der Waals surface area (Å²) in [5.41, 5.74) is -0.0111. The molecule has 0 aliphatic rings. The number of carbonyl (C=O) groups is 3. The molecule has 0 aliphatic heterocycles. The Bertz CT molecular complexity index is 573. The first-order valence-electron chi connectivity index (χ1n) is 6.72. The molecule has 1 unspecified atom stereocenters. The summed E-state index contributed by atoms with van der Waals surface area (Å²) in [5.74, 6) is -4.18. The van der Waals surface area contributed by atoms with Crippen molar-refractivity contribution in [3.05, 3.63) is 34.1 Å². The van der Waals surface area contributed by atoms with Crippen LogP contribution < -0.4 is 0 Å². The zero-order valence-corrected chi connectivity index (χ0v) is 13.8. The van der Waals surface area contributed by atoms with Crippen molar-refractivity contribution in [1.82, 2.24) is 0 Å². The van der Waals surface area contributed by atoms with E-state index in [-0.39, 0.29) is 23.2 Å². The van der Waals surface area contributed by atoms with E-state index in [0.29, 0.717) is 0 Å². The molecule has 7 heteroatoms. The van der Waals surface area contributed by atoms with E-state index in [1.807, 2.05) is 0 Å². The standard InChI is InChI=1S/C15H16BrFO5/c1-3-21-13(18)8-10(15(20)22-4-2)14(19)9-5-6-11(16)12(17)7-9/h5-7,10H,3-4,8H2,1-2H3. The van der Waals surface area contributed by atoms with Crippen LogP contribution in [0.4, 0.5) is 4.39 Å². The number of ether oxygens (including phenoxy) is 2. The Morgan fingerprint density at radius 2 is 1.82 bits per heavy atom. The van der Waals surface area contributed by atoms with Crippen molar-refractivity contribution >= 4 is 33.7 Å². The van der Waals surface area contributed by atoms with Crippen molar-refractivity contribution in [2.75, 3.05) is 13.2 Å². The molecule has 0 aromatic heterocycles. The third-order valence-electron chi connectivity index (χ3n) is 2.77. The molecule has 0 spiro atoms.